The normalized spacial score (nSPS) is 17.2. The summed E-state index contributed by atoms with van der Waals surface area (Å²) in [5.41, 5.74) is 3.81. The number of ether oxygens (including phenoxy) is 1. The van der Waals surface area contributed by atoms with Gasteiger partial charge in [-0.25, -0.2) is 27.7 Å². The molecule has 3 aromatic rings. The van der Waals surface area contributed by atoms with E-state index in [2.05, 4.69) is 27.1 Å². The van der Waals surface area contributed by atoms with Crippen molar-refractivity contribution in [3.05, 3.63) is 35.7 Å². The van der Waals surface area contributed by atoms with Crippen LogP contribution in [0.15, 0.2) is 24.3 Å². The molecule has 178 valence electrons. The molecule has 11 heteroatoms. The van der Waals surface area contributed by atoms with Crippen molar-refractivity contribution in [1.29, 1.82) is 0 Å². The fourth-order valence-electron chi connectivity index (χ4n) is 3.90. The maximum atomic E-state index is 12.6. The van der Waals surface area contributed by atoms with Gasteiger partial charge in [-0.15, -0.1) is 0 Å². The van der Waals surface area contributed by atoms with E-state index < -0.39 is 10.0 Å². The van der Waals surface area contributed by atoms with E-state index in [0.717, 1.165) is 23.1 Å². The highest BCUT2D eigenvalue weighted by Crippen LogP contribution is 2.26. The lowest BCUT2D eigenvalue weighted by Crippen LogP contribution is -2.45. The molecule has 2 N–H and O–H groups in total. The second kappa shape index (κ2) is 9.72. The number of pyridine rings is 1. The molecule has 1 fully saturated rings. The van der Waals surface area contributed by atoms with Gasteiger partial charge in [-0.2, -0.15) is 0 Å². The zero-order valence-electron chi connectivity index (χ0n) is 19.5. The number of hydrogen-bond acceptors (Lipinski definition) is 8. The van der Waals surface area contributed by atoms with Crippen LogP contribution in [0.4, 0.5) is 5.82 Å². The Morgan fingerprint density at radius 2 is 2.06 bits per heavy atom. The second-order valence-electron chi connectivity index (χ2n) is 8.36. The van der Waals surface area contributed by atoms with Crippen LogP contribution < -0.4 is 10.2 Å². The molecule has 33 heavy (non-hydrogen) atoms. The van der Waals surface area contributed by atoms with E-state index in [1.165, 1.54) is 18.4 Å². The average molecular weight is 474 g/mol. The van der Waals surface area contributed by atoms with Crippen LogP contribution in [0, 0.1) is 0 Å². The molecule has 0 amide bonds. The number of nitrogens with zero attached hydrogens (tertiary/aromatic N) is 5. The minimum absolute atomic E-state index is 0.170. The first-order valence-electron chi connectivity index (χ1n) is 11.1. The SMILES string of the molecule is CC[C@H]1COCCN1c1cc(CS(=O)(=O)N(C)C)nc(-c2ccc3[nH]c(CNC)cc3n2)n1. The van der Waals surface area contributed by atoms with Gasteiger partial charge in [0.05, 0.1) is 36.0 Å². The van der Waals surface area contributed by atoms with E-state index in [-0.39, 0.29) is 11.8 Å². The summed E-state index contributed by atoms with van der Waals surface area (Å²) in [6, 6.07) is 7.75. The second-order valence-corrected chi connectivity index (χ2v) is 10.5. The van der Waals surface area contributed by atoms with E-state index >= 15 is 0 Å². The van der Waals surface area contributed by atoms with Crippen molar-refractivity contribution < 1.29 is 13.2 Å². The molecule has 10 nitrogen and oxygen atoms in total. The van der Waals surface area contributed by atoms with Crippen molar-refractivity contribution in [1.82, 2.24) is 29.6 Å². The average Bonchev–Trinajstić information content (AvgIpc) is 3.20. The number of rotatable bonds is 8. The maximum absolute atomic E-state index is 12.6. The van der Waals surface area contributed by atoms with Crippen molar-refractivity contribution in [2.75, 3.05) is 45.8 Å². The highest BCUT2D eigenvalue weighted by molar-refractivity contribution is 7.88. The Morgan fingerprint density at radius 3 is 2.79 bits per heavy atom. The molecule has 1 saturated heterocycles. The first-order chi connectivity index (χ1) is 15.8. The zero-order valence-corrected chi connectivity index (χ0v) is 20.3. The predicted molar refractivity (Wildman–Crippen MR) is 128 cm³/mol. The van der Waals surface area contributed by atoms with E-state index in [1.54, 1.807) is 6.07 Å². The topological polar surface area (TPSA) is 116 Å². The molecule has 1 atom stereocenters. The standard InChI is InChI=1S/C22H31N7O3S/c1-5-17-13-32-9-8-29(17)21-11-16(14-33(30,31)28(3)4)25-22(27-21)19-7-6-18-20(26-19)10-15(24-18)12-23-2/h6-7,10-11,17,23-24H,5,8-9,12-14H2,1-4H3/t17-/m0/s1. The molecule has 0 radical (unpaired) electrons. The first-order valence-corrected chi connectivity index (χ1v) is 12.7. The molecule has 0 saturated carbocycles. The van der Waals surface area contributed by atoms with Gasteiger partial charge in [-0.3, -0.25) is 0 Å². The summed E-state index contributed by atoms with van der Waals surface area (Å²) in [5.74, 6) is 0.907. The Hall–Kier alpha value is -2.60. The summed E-state index contributed by atoms with van der Waals surface area (Å²) in [5, 5.41) is 3.12. The lowest BCUT2D eigenvalue weighted by Gasteiger charge is -2.36. The number of sulfonamides is 1. The van der Waals surface area contributed by atoms with E-state index in [1.807, 2.05) is 25.2 Å². The minimum Gasteiger partial charge on any atom is -0.377 e. The van der Waals surface area contributed by atoms with Gasteiger partial charge in [0.25, 0.3) is 0 Å². The van der Waals surface area contributed by atoms with E-state index in [9.17, 15) is 8.42 Å². The number of aromatic amines is 1. The fourth-order valence-corrected chi connectivity index (χ4v) is 4.68. The Balaban J connectivity index is 1.79. The number of fused-ring (bicyclic) bond motifs is 1. The number of aromatic nitrogens is 4. The molecule has 3 aromatic heterocycles. The van der Waals surface area contributed by atoms with Crippen molar-refractivity contribution >= 4 is 26.9 Å². The van der Waals surface area contributed by atoms with E-state index in [4.69, 9.17) is 14.7 Å². The summed E-state index contributed by atoms with van der Waals surface area (Å²) >= 11 is 0. The molecule has 0 spiro atoms. The van der Waals surface area contributed by atoms with Crippen molar-refractivity contribution in [3.8, 4) is 11.5 Å². The molecular formula is C22H31N7O3S. The van der Waals surface area contributed by atoms with Gasteiger partial charge in [0.1, 0.15) is 17.3 Å². The Kier molecular flexibility index (Phi) is 6.94. The lowest BCUT2D eigenvalue weighted by molar-refractivity contribution is 0.0925. The number of anilines is 1. The van der Waals surface area contributed by atoms with Crippen LogP contribution in [0.2, 0.25) is 0 Å². The highest BCUT2D eigenvalue weighted by atomic mass is 32.2. The summed E-state index contributed by atoms with van der Waals surface area (Å²) < 4.78 is 32.1. The Labute approximate surface area is 194 Å². The molecule has 0 aromatic carbocycles. The molecule has 1 aliphatic rings. The third-order valence-corrected chi connectivity index (χ3v) is 7.55. The molecule has 4 rings (SSSR count). The monoisotopic (exact) mass is 473 g/mol. The van der Waals surface area contributed by atoms with Gasteiger partial charge in [-0.1, -0.05) is 6.92 Å². The zero-order chi connectivity index (χ0) is 23.6. The number of morpholine rings is 1. The molecule has 1 aliphatic heterocycles. The fraction of sp³-hybridized carbons (Fsp3) is 0.500. The number of H-pyrrole nitrogens is 1. The van der Waals surface area contributed by atoms with Gasteiger partial charge in [0.15, 0.2) is 5.82 Å². The molecule has 4 heterocycles. The van der Waals surface area contributed by atoms with Crippen LogP contribution in [0.1, 0.15) is 24.7 Å². The minimum atomic E-state index is -3.49. The molecule has 0 aliphatic carbocycles. The van der Waals surface area contributed by atoms with Crippen molar-refractivity contribution in [2.45, 2.75) is 31.7 Å². The van der Waals surface area contributed by atoms with Crippen LogP contribution >= 0.6 is 0 Å². The summed E-state index contributed by atoms with van der Waals surface area (Å²) in [4.78, 5) is 19.7. The molecule has 0 unspecified atom stereocenters. The van der Waals surface area contributed by atoms with Crippen LogP contribution in [0.3, 0.4) is 0 Å². The molecule has 0 bridgehead atoms. The third kappa shape index (κ3) is 5.16. The highest BCUT2D eigenvalue weighted by Gasteiger charge is 2.25. The largest absolute Gasteiger partial charge is 0.377 e. The summed E-state index contributed by atoms with van der Waals surface area (Å²) in [6.07, 6.45) is 0.895. The van der Waals surface area contributed by atoms with Crippen molar-refractivity contribution in [2.24, 2.45) is 0 Å². The van der Waals surface area contributed by atoms with Gasteiger partial charge in [0, 0.05) is 38.9 Å². The van der Waals surface area contributed by atoms with Crippen LogP contribution in [-0.4, -0.2) is 79.6 Å². The van der Waals surface area contributed by atoms with Gasteiger partial charge in [-0.05, 0) is 31.7 Å². The van der Waals surface area contributed by atoms with Gasteiger partial charge < -0.3 is 19.9 Å². The van der Waals surface area contributed by atoms with Crippen LogP contribution in [0.5, 0.6) is 0 Å². The quantitative estimate of drug-likeness (QED) is 0.508. The molecular weight excluding hydrogens is 442 g/mol. The maximum Gasteiger partial charge on any atom is 0.219 e. The summed E-state index contributed by atoms with van der Waals surface area (Å²) in [6.45, 7) is 4.72. The van der Waals surface area contributed by atoms with E-state index in [0.29, 0.717) is 49.3 Å². The smallest absolute Gasteiger partial charge is 0.219 e. The number of hydrogen-bond donors (Lipinski definition) is 2. The Morgan fingerprint density at radius 1 is 1.24 bits per heavy atom. The predicted octanol–water partition coefficient (Wildman–Crippen LogP) is 1.75. The van der Waals surface area contributed by atoms with Crippen molar-refractivity contribution in [3.63, 3.8) is 0 Å². The lowest BCUT2D eigenvalue weighted by atomic mass is 10.1. The number of nitrogens with one attached hydrogen (secondary N) is 2. The van der Waals surface area contributed by atoms with Crippen LogP contribution in [0.25, 0.3) is 22.6 Å². The third-order valence-electron chi connectivity index (χ3n) is 5.77. The first kappa shape index (κ1) is 23.6. The van der Waals surface area contributed by atoms with Crippen LogP contribution in [-0.2, 0) is 27.1 Å². The Bertz CT molecular complexity index is 1230. The van der Waals surface area contributed by atoms with Gasteiger partial charge >= 0.3 is 0 Å². The van der Waals surface area contributed by atoms with Gasteiger partial charge in [0.2, 0.25) is 10.0 Å². The summed E-state index contributed by atoms with van der Waals surface area (Å²) in [7, 11) is 1.45.